The van der Waals surface area contributed by atoms with Gasteiger partial charge in [0.15, 0.2) is 0 Å². The molecular formula is C6H16O8P2-2. The Morgan fingerprint density at radius 3 is 1.06 bits per heavy atom. The Kier molecular flexibility index (Phi) is 8.74. The van der Waals surface area contributed by atoms with Crippen LogP contribution in [-0.2, 0) is 18.2 Å². The van der Waals surface area contributed by atoms with Crippen molar-refractivity contribution in [3.8, 4) is 0 Å². The topological polar surface area (TPSA) is 139 Å². The first-order valence-electron chi connectivity index (χ1n) is 4.28. The molecule has 0 rings (SSSR count). The number of phosphoric ester groups is 2. The summed E-state index contributed by atoms with van der Waals surface area (Å²) >= 11 is 0. The van der Waals surface area contributed by atoms with E-state index in [-0.39, 0.29) is 0 Å². The van der Waals surface area contributed by atoms with Crippen LogP contribution in [-0.4, -0.2) is 22.0 Å². The van der Waals surface area contributed by atoms with E-state index < -0.39 is 27.9 Å². The van der Waals surface area contributed by atoms with Crippen molar-refractivity contribution in [2.24, 2.45) is 0 Å². The van der Waals surface area contributed by atoms with E-state index in [1.807, 2.05) is 0 Å². The summed E-state index contributed by atoms with van der Waals surface area (Å²) in [5.41, 5.74) is 0. The fourth-order valence-electron chi connectivity index (χ4n) is 0.533. The summed E-state index contributed by atoms with van der Waals surface area (Å²) in [4.78, 5) is 35.5. The summed E-state index contributed by atoms with van der Waals surface area (Å²) in [7, 11) is -8.94. The van der Waals surface area contributed by atoms with Gasteiger partial charge in [-0.15, -0.1) is 0 Å². The van der Waals surface area contributed by atoms with Gasteiger partial charge in [-0.25, -0.2) is 0 Å². The van der Waals surface area contributed by atoms with Crippen molar-refractivity contribution < 1.29 is 37.8 Å². The molecule has 0 heterocycles. The molecule has 0 fully saturated rings. The van der Waals surface area contributed by atoms with Crippen LogP contribution >= 0.6 is 15.6 Å². The van der Waals surface area contributed by atoms with Crippen LogP contribution in [0.4, 0.5) is 0 Å². The molecular weight excluding hydrogens is 262 g/mol. The van der Waals surface area contributed by atoms with Crippen LogP contribution < -0.4 is 9.79 Å². The van der Waals surface area contributed by atoms with Gasteiger partial charge < -0.3 is 28.6 Å². The Bertz CT molecular complexity index is 236. The zero-order valence-electron chi connectivity index (χ0n) is 9.39. The Morgan fingerprint density at radius 1 is 0.875 bits per heavy atom. The fourth-order valence-corrected chi connectivity index (χ4v) is 1.60. The molecule has 100 valence electrons. The smallest absolute Gasteiger partial charge is 0.265 e. The third kappa shape index (κ3) is 23.8. The highest BCUT2D eigenvalue weighted by molar-refractivity contribution is 7.45. The van der Waals surface area contributed by atoms with Crippen LogP contribution in [0.2, 0.25) is 0 Å². The summed E-state index contributed by atoms with van der Waals surface area (Å²) in [6.45, 7) is 6.06. The minimum Gasteiger partial charge on any atom is -0.756 e. The van der Waals surface area contributed by atoms with Crippen molar-refractivity contribution in [2.75, 3.05) is 0 Å². The minimum absolute atomic E-state index is 0.483. The predicted octanol–water partition coefficient (Wildman–Crippen LogP) is -0.256. The lowest BCUT2D eigenvalue weighted by atomic mass is 10.5. The first-order valence-corrected chi connectivity index (χ1v) is 7.27. The second-order valence-corrected chi connectivity index (χ2v) is 5.54. The average Bonchev–Trinajstić information content (AvgIpc) is 1.72. The molecule has 0 amide bonds. The Balaban J connectivity index is 0. The van der Waals surface area contributed by atoms with Crippen LogP contribution in [0.1, 0.15) is 27.7 Å². The van der Waals surface area contributed by atoms with E-state index >= 15 is 0 Å². The van der Waals surface area contributed by atoms with Crippen LogP contribution in [0, 0.1) is 0 Å². The van der Waals surface area contributed by atoms with E-state index in [1.165, 1.54) is 27.7 Å². The molecule has 0 saturated heterocycles. The van der Waals surface area contributed by atoms with Crippen LogP contribution in [0.5, 0.6) is 0 Å². The van der Waals surface area contributed by atoms with E-state index in [2.05, 4.69) is 9.05 Å². The summed E-state index contributed by atoms with van der Waals surface area (Å²) in [6, 6.07) is 0. The molecule has 0 aliphatic rings. The highest BCUT2D eigenvalue weighted by atomic mass is 31.2. The zero-order chi connectivity index (χ0) is 13.6. The molecule has 8 nitrogen and oxygen atoms in total. The van der Waals surface area contributed by atoms with Gasteiger partial charge in [0, 0.05) is 0 Å². The molecule has 0 radical (unpaired) electrons. The molecule has 0 aromatic carbocycles. The largest absolute Gasteiger partial charge is 0.756 e. The lowest BCUT2D eigenvalue weighted by Gasteiger charge is -2.17. The second-order valence-electron chi connectivity index (χ2n) is 3.25. The maximum absolute atomic E-state index is 9.80. The predicted molar refractivity (Wildman–Crippen MR) is 52.1 cm³/mol. The first-order chi connectivity index (χ1) is 6.83. The number of phosphoric acid groups is 2. The Labute approximate surface area is 94.1 Å². The van der Waals surface area contributed by atoms with Gasteiger partial charge in [-0.05, 0) is 27.7 Å². The SMILES string of the molecule is CC(C)OP(=O)([O-])O.CC(C)OP(=O)([O-])O. The lowest BCUT2D eigenvalue weighted by molar-refractivity contribution is -0.224. The second kappa shape index (κ2) is 7.53. The van der Waals surface area contributed by atoms with Gasteiger partial charge in [0.1, 0.15) is 0 Å². The quantitative estimate of drug-likeness (QED) is 0.670. The Hall–Kier alpha value is 0.220. The van der Waals surface area contributed by atoms with Crippen molar-refractivity contribution in [3.63, 3.8) is 0 Å². The van der Waals surface area contributed by atoms with Crippen molar-refractivity contribution in [2.45, 2.75) is 39.9 Å². The highest BCUT2D eigenvalue weighted by Crippen LogP contribution is 2.32. The minimum atomic E-state index is -4.47. The molecule has 0 aliphatic heterocycles. The first kappa shape index (κ1) is 18.6. The molecule has 0 aromatic heterocycles. The standard InChI is InChI=1S/2C3H9O4P/c2*1-3(2)7-8(4,5)6/h2*3H,1-2H3,(H2,4,5,6)/p-2. The molecule has 0 bridgehead atoms. The van der Waals surface area contributed by atoms with Crippen molar-refractivity contribution >= 4 is 15.6 Å². The molecule has 10 heteroatoms. The van der Waals surface area contributed by atoms with E-state index in [1.54, 1.807) is 0 Å². The molecule has 0 aliphatic carbocycles. The van der Waals surface area contributed by atoms with Gasteiger partial charge >= 0.3 is 0 Å². The van der Waals surface area contributed by atoms with Crippen molar-refractivity contribution in [1.82, 2.24) is 0 Å². The monoisotopic (exact) mass is 278 g/mol. The van der Waals surface area contributed by atoms with Crippen LogP contribution in [0.25, 0.3) is 0 Å². The van der Waals surface area contributed by atoms with E-state index in [0.29, 0.717) is 0 Å². The van der Waals surface area contributed by atoms with Gasteiger partial charge in [-0.3, -0.25) is 9.13 Å². The summed E-state index contributed by atoms with van der Waals surface area (Å²) in [5, 5.41) is 0. The third-order valence-corrected chi connectivity index (χ3v) is 2.06. The van der Waals surface area contributed by atoms with Crippen molar-refractivity contribution in [1.29, 1.82) is 0 Å². The summed E-state index contributed by atoms with van der Waals surface area (Å²) in [6.07, 6.45) is -0.966. The Morgan fingerprint density at radius 2 is 1.06 bits per heavy atom. The molecule has 2 unspecified atom stereocenters. The fraction of sp³-hybridized carbons (Fsp3) is 1.00. The molecule has 0 spiro atoms. The molecule has 2 atom stereocenters. The van der Waals surface area contributed by atoms with Gasteiger partial charge in [0.2, 0.25) is 0 Å². The van der Waals surface area contributed by atoms with Crippen molar-refractivity contribution in [3.05, 3.63) is 0 Å². The van der Waals surface area contributed by atoms with Crippen LogP contribution in [0.15, 0.2) is 0 Å². The average molecular weight is 278 g/mol. The lowest BCUT2D eigenvalue weighted by Crippen LogP contribution is -2.08. The van der Waals surface area contributed by atoms with E-state index in [9.17, 15) is 18.9 Å². The molecule has 2 N–H and O–H groups in total. The maximum atomic E-state index is 9.80. The van der Waals surface area contributed by atoms with Gasteiger partial charge in [-0.2, -0.15) is 0 Å². The summed E-state index contributed by atoms with van der Waals surface area (Å²) in [5.74, 6) is 0. The van der Waals surface area contributed by atoms with E-state index in [0.717, 1.165) is 0 Å². The number of hydrogen-bond donors (Lipinski definition) is 2. The van der Waals surface area contributed by atoms with E-state index in [4.69, 9.17) is 9.79 Å². The zero-order valence-corrected chi connectivity index (χ0v) is 11.2. The van der Waals surface area contributed by atoms with Gasteiger partial charge in [0.05, 0.1) is 12.2 Å². The number of rotatable bonds is 4. The highest BCUT2D eigenvalue weighted by Gasteiger charge is 2.03. The van der Waals surface area contributed by atoms with Gasteiger partial charge in [-0.1, -0.05) is 0 Å². The summed E-state index contributed by atoms with van der Waals surface area (Å²) < 4.78 is 27.6. The number of hydrogen-bond acceptors (Lipinski definition) is 6. The molecule has 16 heavy (non-hydrogen) atoms. The normalized spacial score (nSPS) is 18.6. The van der Waals surface area contributed by atoms with Crippen LogP contribution in [0.3, 0.4) is 0 Å². The van der Waals surface area contributed by atoms with Gasteiger partial charge in [0.25, 0.3) is 15.6 Å². The molecule has 0 saturated carbocycles. The molecule has 0 aromatic rings. The maximum Gasteiger partial charge on any atom is 0.265 e. The third-order valence-electron chi connectivity index (χ3n) is 0.688.